The van der Waals surface area contributed by atoms with Gasteiger partial charge in [0.15, 0.2) is 5.78 Å². The van der Waals surface area contributed by atoms with E-state index < -0.39 is 0 Å². The minimum Gasteiger partial charge on any atom is -0.375 e. The van der Waals surface area contributed by atoms with Crippen molar-refractivity contribution in [2.75, 3.05) is 26.7 Å². The minimum atomic E-state index is -0.0167. The summed E-state index contributed by atoms with van der Waals surface area (Å²) < 4.78 is 7.45. The molecule has 1 aliphatic rings. The number of amides is 1. The van der Waals surface area contributed by atoms with Gasteiger partial charge in [0.05, 0.1) is 23.4 Å². The summed E-state index contributed by atoms with van der Waals surface area (Å²) in [5.74, 6) is -0.00817. The zero-order valence-electron chi connectivity index (χ0n) is 15.3. The molecule has 24 heavy (non-hydrogen) atoms. The molecule has 0 aromatic carbocycles. The number of hydrogen-bond acceptors (Lipinski definition) is 5. The van der Waals surface area contributed by atoms with Crippen LogP contribution in [-0.2, 0) is 16.1 Å². The summed E-state index contributed by atoms with van der Waals surface area (Å²) in [6.07, 6.45) is 0.375. The third kappa shape index (κ3) is 4.21. The summed E-state index contributed by atoms with van der Waals surface area (Å²) in [5.41, 5.74) is 2.19. The maximum Gasteiger partial charge on any atom is 0.222 e. The van der Waals surface area contributed by atoms with Crippen LogP contribution in [0.4, 0.5) is 0 Å². The van der Waals surface area contributed by atoms with E-state index in [0.29, 0.717) is 30.8 Å². The van der Waals surface area contributed by atoms with Crippen molar-refractivity contribution in [3.05, 3.63) is 17.0 Å². The van der Waals surface area contributed by atoms with Gasteiger partial charge in [0.1, 0.15) is 0 Å². The number of likely N-dealkylation sites (tertiary alicyclic amines) is 1. The number of hydrogen-bond donors (Lipinski definition) is 1. The number of ether oxygens (including phenoxy) is 1. The van der Waals surface area contributed by atoms with Crippen molar-refractivity contribution in [2.24, 2.45) is 0 Å². The lowest BCUT2D eigenvalue weighted by Crippen LogP contribution is -2.44. The molecular weight excluding hydrogens is 308 g/mol. The van der Waals surface area contributed by atoms with E-state index >= 15 is 0 Å². The van der Waals surface area contributed by atoms with E-state index in [1.165, 1.54) is 0 Å². The van der Waals surface area contributed by atoms with Crippen LogP contribution in [0.15, 0.2) is 0 Å². The Labute approximate surface area is 143 Å². The maximum absolute atomic E-state index is 12.3. The smallest absolute Gasteiger partial charge is 0.222 e. The second-order valence-corrected chi connectivity index (χ2v) is 6.46. The number of nitrogens with zero attached hydrogens (tertiary/aromatic N) is 3. The quantitative estimate of drug-likeness (QED) is 0.750. The van der Waals surface area contributed by atoms with Crippen LogP contribution in [0, 0.1) is 13.8 Å². The summed E-state index contributed by atoms with van der Waals surface area (Å²) >= 11 is 0. The Morgan fingerprint density at radius 3 is 2.62 bits per heavy atom. The topological polar surface area (TPSA) is 76.5 Å². The number of carbonyl (C=O) groups is 2. The molecule has 0 spiro atoms. The zero-order chi connectivity index (χ0) is 17.9. The fourth-order valence-corrected chi connectivity index (χ4v) is 3.39. The van der Waals surface area contributed by atoms with Gasteiger partial charge in [-0.25, -0.2) is 0 Å². The van der Waals surface area contributed by atoms with Crippen LogP contribution in [-0.4, -0.2) is 65.3 Å². The van der Waals surface area contributed by atoms with Crippen LogP contribution < -0.4 is 5.32 Å². The van der Waals surface area contributed by atoms with Gasteiger partial charge in [0, 0.05) is 38.4 Å². The fraction of sp³-hybridized carbons (Fsp3) is 0.706. The largest absolute Gasteiger partial charge is 0.375 e. The lowest BCUT2D eigenvalue weighted by atomic mass is 10.1. The molecule has 2 rings (SSSR count). The van der Waals surface area contributed by atoms with E-state index in [4.69, 9.17) is 4.74 Å². The number of aryl methyl sites for hydroxylation is 2. The van der Waals surface area contributed by atoms with Crippen molar-refractivity contribution < 1.29 is 14.3 Å². The number of Topliss-reactive ketones (excluding diaryl/α,β-unsaturated/α-hetero) is 1. The molecule has 1 amide bonds. The zero-order valence-corrected chi connectivity index (χ0v) is 15.3. The van der Waals surface area contributed by atoms with E-state index in [1.54, 1.807) is 11.6 Å². The van der Waals surface area contributed by atoms with Crippen molar-refractivity contribution in [3.63, 3.8) is 0 Å². The lowest BCUT2D eigenvalue weighted by molar-refractivity contribution is -0.122. The molecule has 1 aliphatic heterocycles. The standard InChI is InChI=1S/C17H28N4O3/c1-6-24-15-10-20(5)9-14(15)18-16(23)7-8-21-12(3)17(13(4)22)11(2)19-21/h14-15H,6-10H2,1-5H3,(H,18,23)/t14-,15-/m0/s1. The number of rotatable bonds is 7. The predicted molar refractivity (Wildman–Crippen MR) is 91.2 cm³/mol. The van der Waals surface area contributed by atoms with E-state index in [1.807, 2.05) is 27.8 Å². The number of nitrogens with one attached hydrogen (secondary N) is 1. The normalized spacial score (nSPS) is 21.2. The molecule has 0 unspecified atom stereocenters. The first-order valence-corrected chi connectivity index (χ1v) is 8.47. The van der Waals surface area contributed by atoms with Gasteiger partial charge in [-0.3, -0.25) is 14.3 Å². The van der Waals surface area contributed by atoms with Gasteiger partial charge in [-0.05, 0) is 34.7 Å². The Hall–Kier alpha value is -1.73. The first-order valence-electron chi connectivity index (χ1n) is 8.47. The van der Waals surface area contributed by atoms with Gasteiger partial charge in [-0.1, -0.05) is 0 Å². The van der Waals surface area contributed by atoms with Crippen LogP contribution >= 0.6 is 0 Å². The highest BCUT2D eigenvalue weighted by molar-refractivity contribution is 5.96. The van der Waals surface area contributed by atoms with Gasteiger partial charge in [0.25, 0.3) is 0 Å². The summed E-state index contributed by atoms with van der Waals surface area (Å²) in [7, 11) is 2.03. The molecule has 1 aromatic heterocycles. The average Bonchev–Trinajstić information content (AvgIpc) is 2.97. The Bertz CT molecular complexity index is 611. The van der Waals surface area contributed by atoms with Crippen LogP contribution in [0.3, 0.4) is 0 Å². The number of carbonyl (C=O) groups excluding carboxylic acids is 2. The van der Waals surface area contributed by atoms with Crippen molar-refractivity contribution in [3.8, 4) is 0 Å². The van der Waals surface area contributed by atoms with Crippen LogP contribution in [0.1, 0.15) is 42.0 Å². The van der Waals surface area contributed by atoms with E-state index in [9.17, 15) is 9.59 Å². The Morgan fingerprint density at radius 2 is 2.04 bits per heavy atom. The highest BCUT2D eigenvalue weighted by Crippen LogP contribution is 2.15. The van der Waals surface area contributed by atoms with E-state index in [0.717, 1.165) is 18.8 Å². The highest BCUT2D eigenvalue weighted by Gasteiger charge is 2.32. The Balaban J connectivity index is 1.92. The first-order chi connectivity index (χ1) is 11.3. The van der Waals surface area contributed by atoms with Crippen LogP contribution in [0.5, 0.6) is 0 Å². The van der Waals surface area contributed by atoms with Crippen LogP contribution in [0.2, 0.25) is 0 Å². The fourth-order valence-electron chi connectivity index (χ4n) is 3.39. The molecule has 1 aromatic rings. The molecule has 2 heterocycles. The Kier molecular flexibility index (Phi) is 6.12. The summed E-state index contributed by atoms with van der Waals surface area (Å²) in [6.45, 7) is 9.93. The van der Waals surface area contributed by atoms with Gasteiger partial charge < -0.3 is 15.0 Å². The lowest BCUT2D eigenvalue weighted by Gasteiger charge is -2.19. The molecular formula is C17H28N4O3. The SMILES string of the molecule is CCO[C@H]1CN(C)C[C@@H]1NC(=O)CCn1nc(C)c(C(C)=O)c1C. The summed E-state index contributed by atoms with van der Waals surface area (Å²) in [4.78, 5) is 26.1. The average molecular weight is 336 g/mol. The van der Waals surface area contributed by atoms with Gasteiger partial charge in [-0.15, -0.1) is 0 Å². The van der Waals surface area contributed by atoms with Gasteiger partial charge in [-0.2, -0.15) is 5.10 Å². The molecule has 0 radical (unpaired) electrons. The van der Waals surface area contributed by atoms with E-state index in [-0.39, 0.29) is 23.8 Å². The third-order valence-electron chi connectivity index (χ3n) is 4.46. The first kappa shape index (κ1) is 18.6. The van der Waals surface area contributed by atoms with Crippen molar-refractivity contribution >= 4 is 11.7 Å². The maximum atomic E-state index is 12.3. The molecule has 1 N–H and O–H groups in total. The van der Waals surface area contributed by atoms with Gasteiger partial charge >= 0.3 is 0 Å². The molecule has 1 saturated heterocycles. The van der Waals surface area contributed by atoms with Crippen molar-refractivity contribution in [1.29, 1.82) is 0 Å². The molecule has 7 nitrogen and oxygen atoms in total. The van der Waals surface area contributed by atoms with Gasteiger partial charge in [0.2, 0.25) is 5.91 Å². The molecule has 0 bridgehead atoms. The molecule has 0 saturated carbocycles. The Morgan fingerprint density at radius 1 is 1.33 bits per heavy atom. The number of ketones is 1. The second-order valence-electron chi connectivity index (χ2n) is 6.46. The highest BCUT2D eigenvalue weighted by atomic mass is 16.5. The molecule has 1 fully saturated rings. The predicted octanol–water partition coefficient (Wildman–Crippen LogP) is 0.928. The number of aromatic nitrogens is 2. The third-order valence-corrected chi connectivity index (χ3v) is 4.46. The minimum absolute atomic E-state index is 0.00857. The number of likely N-dealkylation sites (N-methyl/N-ethyl adjacent to an activating group) is 1. The molecule has 0 aliphatic carbocycles. The monoisotopic (exact) mass is 336 g/mol. The second kappa shape index (κ2) is 7.90. The van der Waals surface area contributed by atoms with Crippen molar-refractivity contribution in [1.82, 2.24) is 20.0 Å². The summed E-state index contributed by atoms with van der Waals surface area (Å²) in [5, 5.41) is 7.44. The molecule has 134 valence electrons. The van der Waals surface area contributed by atoms with Crippen molar-refractivity contribution in [2.45, 2.75) is 52.8 Å². The van der Waals surface area contributed by atoms with Crippen LogP contribution in [0.25, 0.3) is 0 Å². The molecule has 2 atom stereocenters. The van der Waals surface area contributed by atoms with E-state index in [2.05, 4.69) is 15.3 Å². The summed E-state index contributed by atoms with van der Waals surface area (Å²) in [6, 6.07) is 0.0238. The molecule has 7 heteroatoms.